The zero-order valence-electron chi connectivity index (χ0n) is 26.4. The van der Waals surface area contributed by atoms with Crippen molar-refractivity contribution in [1.82, 2.24) is 19.9 Å². The van der Waals surface area contributed by atoms with Gasteiger partial charge < -0.3 is 15.4 Å². The van der Waals surface area contributed by atoms with Crippen molar-refractivity contribution < 1.29 is 5.48 Å². The highest BCUT2D eigenvalue weighted by Crippen LogP contribution is 2.35. The van der Waals surface area contributed by atoms with Gasteiger partial charge in [0.25, 0.3) is 0 Å². The predicted molar refractivity (Wildman–Crippen MR) is 153 cm³/mol. The van der Waals surface area contributed by atoms with E-state index in [2.05, 4.69) is 135 Å². The van der Waals surface area contributed by atoms with Crippen molar-refractivity contribution in [3.63, 3.8) is 0 Å². The van der Waals surface area contributed by atoms with E-state index in [0.717, 1.165) is 11.6 Å². The molecule has 204 valence electrons. The van der Waals surface area contributed by atoms with Crippen LogP contribution in [-0.4, -0.2) is 25.4 Å². The average molecular weight is 491 g/mol. The molecule has 2 aromatic rings. The average Bonchev–Trinajstić information content (AvgIpc) is 3.18. The second kappa shape index (κ2) is 10.0. The highest BCUT2D eigenvalue weighted by molar-refractivity contribution is 5.30. The van der Waals surface area contributed by atoms with Crippen LogP contribution in [0.3, 0.4) is 0 Å². The van der Waals surface area contributed by atoms with Crippen LogP contribution >= 0.6 is 0 Å². The van der Waals surface area contributed by atoms with Crippen LogP contribution in [0, 0.1) is 0 Å². The summed E-state index contributed by atoms with van der Waals surface area (Å²) in [4.78, 5) is 16.8. The summed E-state index contributed by atoms with van der Waals surface area (Å²) < 4.78 is 0. The first kappa shape index (κ1) is 33.4. The van der Waals surface area contributed by atoms with Crippen molar-refractivity contribution in [3.8, 4) is 0 Å². The Morgan fingerprint density at radius 1 is 0.371 bits per heavy atom. The fraction of sp³-hybridized carbons (Fsp3) is 0.800. The Bertz CT molecular complexity index is 808. The molecule has 0 aliphatic heterocycles. The lowest BCUT2D eigenvalue weighted by Crippen LogP contribution is -2.21. The minimum absolute atomic E-state index is 0. The van der Waals surface area contributed by atoms with Crippen molar-refractivity contribution >= 4 is 0 Å². The van der Waals surface area contributed by atoms with Crippen LogP contribution in [-0.2, 0) is 32.5 Å². The van der Waals surface area contributed by atoms with Crippen LogP contribution in [0.2, 0.25) is 0 Å². The Balaban J connectivity index is 0.000000642. The standard InChI is InChI=1S/2C15H28N2.H2O/c2*1-13(2,3)10-11(14(4,5)6)17-12(16-10)15(7,8)9;/h2*1-9H3,(H,16,17);1H2. The van der Waals surface area contributed by atoms with Gasteiger partial charge in [-0.3, -0.25) is 0 Å². The fourth-order valence-electron chi connectivity index (χ4n) is 3.63. The minimum atomic E-state index is 0. The Morgan fingerprint density at radius 2 is 0.600 bits per heavy atom. The molecule has 2 aromatic heterocycles. The van der Waals surface area contributed by atoms with Gasteiger partial charge in [-0.05, 0) is 0 Å². The SMILES string of the molecule is CC(C)(C)c1nc(C(C)(C)C)c(C(C)(C)C)[nH]1.CC(C)(C)c1nc(C(C)(C)C)c(C(C)(C)C)[nH]1.O. The largest absolute Gasteiger partial charge is 0.412 e. The predicted octanol–water partition coefficient (Wildman–Crippen LogP) is 7.78. The van der Waals surface area contributed by atoms with E-state index in [4.69, 9.17) is 9.97 Å². The molecule has 0 aromatic carbocycles. The van der Waals surface area contributed by atoms with E-state index in [0.29, 0.717) is 0 Å². The summed E-state index contributed by atoms with van der Waals surface area (Å²) in [6.45, 7) is 40.0. The highest BCUT2D eigenvalue weighted by Gasteiger charge is 2.33. The molecule has 2 heterocycles. The molecule has 0 amide bonds. The number of nitrogens with zero attached hydrogens (tertiary/aromatic N) is 2. The number of imidazole rings is 2. The van der Waals surface area contributed by atoms with Gasteiger partial charge in [-0.15, -0.1) is 0 Å². The van der Waals surface area contributed by atoms with E-state index in [1.54, 1.807) is 0 Å². The highest BCUT2D eigenvalue weighted by atomic mass is 16.0. The molecule has 0 bridgehead atoms. The summed E-state index contributed by atoms with van der Waals surface area (Å²) in [5.41, 5.74) is 5.49. The quantitative estimate of drug-likeness (QED) is 0.395. The summed E-state index contributed by atoms with van der Waals surface area (Å²) in [6.07, 6.45) is 0. The lowest BCUT2D eigenvalue weighted by atomic mass is 9.82. The molecule has 0 aliphatic carbocycles. The molecule has 5 nitrogen and oxygen atoms in total. The molecule has 35 heavy (non-hydrogen) atoms. The van der Waals surface area contributed by atoms with Gasteiger partial charge in [0.2, 0.25) is 0 Å². The number of hydrogen-bond donors (Lipinski definition) is 2. The second-order valence-corrected chi connectivity index (χ2v) is 16.1. The molecule has 0 spiro atoms. The summed E-state index contributed by atoms with van der Waals surface area (Å²) in [5.74, 6) is 2.18. The number of hydrogen-bond acceptors (Lipinski definition) is 2. The Morgan fingerprint density at radius 3 is 0.714 bits per heavy atom. The topological polar surface area (TPSA) is 88.9 Å². The first-order chi connectivity index (χ1) is 14.7. The number of rotatable bonds is 0. The van der Waals surface area contributed by atoms with E-state index in [9.17, 15) is 0 Å². The van der Waals surface area contributed by atoms with E-state index in [1.165, 1.54) is 22.8 Å². The van der Waals surface area contributed by atoms with Crippen molar-refractivity contribution in [2.24, 2.45) is 0 Å². The second-order valence-electron chi connectivity index (χ2n) is 16.1. The maximum Gasteiger partial charge on any atom is 0.112 e. The minimum Gasteiger partial charge on any atom is -0.412 e. The van der Waals surface area contributed by atoms with E-state index in [1.807, 2.05) is 0 Å². The van der Waals surface area contributed by atoms with Crippen molar-refractivity contribution in [2.75, 3.05) is 0 Å². The third kappa shape index (κ3) is 8.77. The summed E-state index contributed by atoms with van der Waals surface area (Å²) >= 11 is 0. The lowest BCUT2D eigenvalue weighted by molar-refractivity contribution is 0.512. The van der Waals surface area contributed by atoms with Gasteiger partial charge >= 0.3 is 0 Å². The van der Waals surface area contributed by atoms with Crippen LogP contribution in [0.4, 0.5) is 0 Å². The summed E-state index contributed by atoms with van der Waals surface area (Å²) in [7, 11) is 0. The number of aromatic nitrogens is 4. The molecular weight excluding hydrogens is 432 g/mol. The Kier molecular flexibility index (Phi) is 9.57. The third-order valence-corrected chi connectivity index (χ3v) is 5.75. The maximum absolute atomic E-state index is 4.86. The van der Waals surface area contributed by atoms with Crippen LogP contribution in [0.25, 0.3) is 0 Å². The van der Waals surface area contributed by atoms with Gasteiger partial charge in [-0.25, -0.2) is 9.97 Å². The van der Waals surface area contributed by atoms with Gasteiger partial charge in [0.05, 0.1) is 11.4 Å². The van der Waals surface area contributed by atoms with Gasteiger partial charge in [-0.2, -0.15) is 0 Å². The molecular formula is C30H58N4O. The van der Waals surface area contributed by atoms with Crippen molar-refractivity contribution in [2.45, 2.75) is 157 Å². The molecule has 0 aliphatic rings. The van der Waals surface area contributed by atoms with Crippen LogP contribution in [0.15, 0.2) is 0 Å². The maximum atomic E-state index is 4.86. The van der Waals surface area contributed by atoms with Gasteiger partial charge in [0.1, 0.15) is 11.6 Å². The van der Waals surface area contributed by atoms with Crippen LogP contribution in [0.5, 0.6) is 0 Å². The monoisotopic (exact) mass is 490 g/mol. The molecule has 0 radical (unpaired) electrons. The van der Waals surface area contributed by atoms with E-state index < -0.39 is 0 Å². The summed E-state index contributed by atoms with van der Waals surface area (Å²) in [5, 5.41) is 0. The molecule has 5 heteroatoms. The lowest BCUT2D eigenvalue weighted by Gasteiger charge is -2.24. The Labute approximate surface area is 217 Å². The van der Waals surface area contributed by atoms with Gasteiger partial charge in [-0.1, -0.05) is 125 Å². The van der Waals surface area contributed by atoms with E-state index in [-0.39, 0.29) is 38.0 Å². The fourth-order valence-corrected chi connectivity index (χ4v) is 3.63. The molecule has 4 N–H and O–H groups in total. The zero-order chi connectivity index (χ0) is 27.3. The molecule has 0 saturated carbocycles. The molecule has 0 fully saturated rings. The van der Waals surface area contributed by atoms with Gasteiger partial charge in [0.15, 0.2) is 0 Å². The normalized spacial score (nSPS) is 13.8. The molecule has 2 rings (SSSR count). The van der Waals surface area contributed by atoms with Crippen LogP contribution < -0.4 is 0 Å². The Hall–Kier alpha value is -1.62. The number of H-pyrrole nitrogens is 2. The van der Waals surface area contributed by atoms with Crippen LogP contribution in [0.1, 0.15) is 159 Å². The first-order valence-corrected chi connectivity index (χ1v) is 12.9. The molecule has 0 saturated heterocycles. The van der Waals surface area contributed by atoms with E-state index >= 15 is 0 Å². The smallest absolute Gasteiger partial charge is 0.112 e. The number of aromatic amines is 2. The summed E-state index contributed by atoms with van der Waals surface area (Å²) in [6, 6.07) is 0. The molecule has 0 atom stereocenters. The number of nitrogens with one attached hydrogen (secondary N) is 2. The van der Waals surface area contributed by atoms with Gasteiger partial charge in [0, 0.05) is 43.9 Å². The zero-order valence-corrected chi connectivity index (χ0v) is 26.4. The molecule has 0 unspecified atom stereocenters. The first-order valence-electron chi connectivity index (χ1n) is 12.9. The third-order valence-electron chi connectivity index (χ3n) is 5.75. The van der Waals surface area contributed by atoms with Crippen molar-refractivity contribution in [1.29, 1.82) is 0 Å². The van der Waals surface area contributed by atoms with Crippen molar-refractivity contribution in [3.05, 3.63) is 34.4 Å².